The highest BCUT2D eigenvalue weighted by Crippen LogP contribution is 2.12. The number of hydrogen-bond donors (Lipinski definition) is 2. The summed E-state index contributed by atoms with van der Waals surface area (Å²) in [6.07, 6.45) is 2.38. The van der Waals surface area contributed by atoms with E-state index in [0.29, 0.717) is 19.6 Å². The minimum atomic E-state index is 0.275. The molecule has 0 aliphatic carbocycles. The summed E-state index contributed by atoms with van der Waals surface area (Å²) < 4.78 is 6.59. The molecule has 0 aliphatic rings. The van der Waals surface area contributed by atoms with Gasteiger partial charge < -0.3 is 15.7 Å². The standard InChI is InChI=1S/C12H17BrN2O2/c13-11-5-3-4-10(8-11)9-17-7-2-1-6-12(14)15-16/h3-5,8,16H,1-2,6-7,9H2,(H2,14,15). The second kappa shape index (κ2) is 8.08. The van der Waals surface area contributed by atoms with E-state index < -0.39 is 0 Å². The van der Waals surface area contributed by atoms with E-state index in [1.165, 1.54) is 0 Å². The molecule has 0 spiro atoms. The lowest BCUT2D eigenvalue weighted by molar-refractivity contribution is 0.117. The van der Waals surface area contributed by atoms with E-state index in [0.717, 1.165) is 22.9 Å². The van der Waals surface area contributed by atoms with E-state index in [1.807, 2.05) is 24.3 Å². The lowest BCUT2D eigenvalue weighted by Gasteiger charge is -2.04. The Morgan fingerprint density at radius 3 is 2.94 bits per heavy atom. The van der Waals surface area contributed by atoms with E-state index in [1.54, 1.807) is 0 Å². The van der Waals surface area contributed by atoms with Crippen molar-refractivity contribution in [3.8, 4) is 0 Å². The predicted octanol–water partition coefficient (Wildman–Crippen LogP) is 2.88. The smallest absolute Gasteiger partial charge is 0.139 e. The quantitative estimate of drug-likeness (QED) is 0.267. The topological polar surface area (TPSA) is 67.8 Å². The first-order chi connectivity index (χ1) is 8.22. The number of nitrogens with zero attached hydrogens (tertiary/aromatic N) is 1. The van der Waals surface area contributed by atoms with Crippen molar-refractivity contribution in [2.24, 2.45) is 10.9 Å². The summed E-state index contributed by atoms with van der Waals surface area (Å²) in [6.45, 7) is 1.30. The zero-order valence-corrected chi connectivity index (χ0v) is 11.2. The number of benzene rings is 1. The molecule has 0 saturated carbocycles. The van der Waals surface area contributed by atoms with Crippen LogP contribution in [0, 0.1) is 0 Å². The maximum atomic E-state index is 8.34. The van der Waals surface area contributed by atoms with Crippen molar-refractivity contribution < 1.29 is 9.94 Å². The maximum Gasteiger partial charge on any atom is 0.139 e. The molecule has 1 rings (SSSR count). The molecule has 0 atom stereocenters. The molecular formula is C12H17BrN2O2. The summed E-state index contributed by atoms with van der Waals surface area (Å²) in [5.74, 6) is 0.275. The number of halogens is 1. The van der Waals surface area contributed by atoms with Gasteiger partial charge >= 0.3 is 0 Å². The fraction of sp³-hybridized carbons (Fsp3) is 0.417. The highest BCUT2D eigenvalue weighted by atomic mass is 79.9. The molecule has 0 bridgehead atoms. The average Bonchev–Trinajstić information content (AvgIpc) is 2.33. The predicted molar refractivity (Wildman–Crippen MR) is 71.1 cm³/mol. The van der Waals surface area contributed by atoms with E-state index in [-0.39, 0.29) is 5.84 Å². The molecule has 0 aromatic heterocycles. The van der Waals surface area contributed by atoms with Crippen LogP contribution in [0.1, 0.15) is 24.8 Å². The Kier molecular flexibility index (Phi) is 6.65. The summed E-state index contributed by atoms with van der Waals surface area (Å²) >= 11 is 3.41. The van der Waals surface area contributed by atoms with Crippen LogP contribution in [0.5, 0.6) is 0 Å². The van der Waals surface area contributed by atoms with Crippen LogP contribution in [0.3, 0.4) is 0 Å². The van der Waals surface area contributed by atoms with Gasteiger partial charge in [0.15, 0.2) is 0 Å². The SMILES string of the molecule is N/C(CCCCOCc1cccc(Br)c1)=N/O. The van der Waals surface area contributed by atoms with Crippen molar-refractivity contribution >= 4 is 21.8 Å². The number of rotatable bonds is 7. The summed E-state index contributed by atoms with van der Waals surface area (Å²) in [6, 6.07) is 8.04. The summed E-state index contributed by atoms with van der Waals surface area (Å²) in [7, 11) is 0. The molecule has 0 heterocycles. The lowest BCUT2D eigenvalue weighted by Crippen LogP contribution is -2.11. The second-order valence-electron chi connectivity index (χ2n) is 3.73. The van der Waals surface area contributed by atoms with Gasteiger partial charge in [0.25, 0.3) is 0 Å². The van der Waals surface area contributed by atoms with E-state index in [4.69, 9.17) is 15.7 Å². The number of oxime groups is 1. The number of unbranched alkanes of at least 4 members (excludes halogenated alkanes) is 1. The minimum Gasteiger partial charge on any atom is -0.409 e. The first-order valence-electron chi connectivity index (χ1n) is 5.51. The van der Waals surface area contributed by atoms with Gasteiger partial charge in [0, 0.05) is 17.5 Å². The van der Waals surface area contributed by atoms with Crippen molar-refractivity contribution in [2.45, 2.75) is 25.9 Å². The second-order valence-corrected chi connectivity index (χ2v) is 4.65. The fourth-order valence-electron chi connectivity index (χ4n) is 1.38. The third-order valence-electron chi connectivity index (χ3n) is 2.26. The highest BCUT2D eigenvalue weighted by Gasteiger charge is 1.96. The Bertz CT molecular complexity index is 369. The Labute approximate surface area is 110 Å². The van der Waals surface area contributed by atoms with Gasteiger partial charge in [-0.2, -0.15) is 0 Å². The monoisotopic (exact) mass is 300 g/mol. The van der Waals surface area contributed by atoms with Crippen LogP contribution < -0.4 is 5.73 Å². The number of amidine groups is 1. The molecule has 0 unspecified atom stereocenters. The fourth-order valence-corrected chi connectivity index (χ4v) is 1.82. The van der Waals surface area contributed by atoms with Crippen LogP contribution in [-0.4, -0.2) is 17.6 Å². The van der Waals surface area contributed by atoms with Crippen LogP contribution in [0.2, 0.25) is 0 Å². The Balaban J connectivity index is 2.08. The van der Waals surface area contributed by atoms with Crippen molar-refractivity contribution in [2.75, 3.05) is 6.61 Å². The number of nitrogens with two attached hydrogens (primary N) is 1. The van der Waals surface area contributed by atoms with Crippen molar-refractivity contribution in [1.82, 2.24) is 0 Å². The van der Waals surface area contributed by atoms with Gasteiger partial charge in [-0.05, 0) is 30.5 Å². The average molecular weight is 301 g/mol. The molecule has 4 nitrogen and oxygen atoms in total. The van der Waals surface area contributed by atoms with E-state index in [2.05, 4.69) is 21.1 Å². The first kappa shape index (κ1) is 14.0. The van der Waals surface area contributed by atoms with Crippen LogP contribution >= 0.6 is 15.9 Å². The van der Waals surface area contributed by atoms with Gasteiger partial charge in [-0.25, -0.2) is 0 Å². The van der Waals surface area contributed by atoms with Crippen molar-refractivity contribution in [1.29, 1.82) is 0 Å². The molecule has 94 valence electrons. The highest BCUT2D eigenvalue weighted by molar-refractivity contribution is 9.10. The molecule has 0 amide bonds. The van der Waals surface area contributed by atoms with Crippen molar-refractivity contribution in [3.05, 3.63) is 34.3 Å². The summed E-state index contributed by atoms with van der Waals surface area (Å²) in [5.41, 5.74) is 6.50. The van der Waals surface area contributed by atoms with Crippen molar-refractivity contribution in [3.63, 3.8) is 0 Å². The van der Waals surface area contributed by atoms with Crippen LogP contribution in [0.25, 0.3) is 0 Å². The van der Waals surface area contributed by atoms with Gasteiger partial charge in [-0.1, -0.05) is 33.2 Å². The molecule has 5 heteroatoms. The summed E-state index contributed by atoms with van der Waals surface area (Å²) in [4.78, 5) is 0. The molecule has 1 aromatic rings. The van der Waals surface area contributed by atoms with E-state index in [9.17, 15) is 0 Å². The van der Waals surface area contributed by atoms with Gasteiger partial charge in [-0.3, -0.25) is 0 Å². The lowest BCUT2D eigenvalue weighted by atomic mass is 10.2. The van der Waals surface area contributed by atoms with Gasteiger partial charge in [0.1, 0.15) is 5.84 Å². The normalized spacial score (nSPS) is 11.7. The minimum absolute atomic E-state index is 0.275. The summed E-state index contributed by atoms with van der Waals surface area (Å²) in [5, 5.41) is 11.3. The molecule has 1 aromatic carbocycles. The maximum absolute atomic E-state index is 8.34. The number of hydrogen-bond acceptors (Lipinski definition) is 3. The van der Waals surface area contributed by atoms with Crippen LogP contribution in [0.4, 0.5) is 0 Å². The number of ether oxygens (including phenoxy) is 1. The van der Waals surface area contributed by atoms with Gasteiger partial charge in [0.2, 0.25) is 0 Å². The zero-order valence-electron chi connectivity index (χ0n) is 9.60. The zero-order chi connectivity index (χ0) is 12.5. The van der Waals surface area contributed by atoms with Gasteiger partial charge in [-0.15, -0.1) is 0 Å². The third kappa shape index (κ3) is 6.28. The van der Waals surface area contributed by atoms with Gasteiger partial charge in [0.05, 0.1) is 6.61 Å². The van der Waals surface area contributed by atoms with E-state index >= 15 is 0 Å². The molecule has 0 fully saturated rings. The van der Waals surface area contributed by atoms with Crippen LogP contribution in [0.15, 0.2) is 33.9 Å². The molecule has 0 aliphatic heterocycles. The van der Waals surface area contributed by atoms with Crippen LogP contribution in [-0.2, 0) is 11.3 Å². The largest absolute Gasteiger partial charge is 0.409 e. The Morgan fingerprint density at radius 1 is 1.41 bits per heavy atom. The third-order valence-corrected chi connectivity index (χ3v) is 2.75. The molecular weight excluding hydrogens is 284 g/mol. The molecule has 3 N–H and O–H groups in total. The molecule has 0 saturated heterocycles. The Morgan fingerprint density at radius 2 is 2.24 bits per heavy atom. The molecule has 0 radical (unpaired) electrons. The Hall–Kier alpha value is -1.07. The first-order valence-corrected chi connectivity index (χ1v) is 6.30. The molecule has 17 heavy (non-hydrogen) atoms.